The monoisotopic (exact) mass is 420 g/mol. The van der Waals surface area contributed by atoms with Crippen LogP contribution in [0.15, 0.2) is 53.7 Å². The number of benzene rings is 2. The maximum atomic E-state index is 13.0. The summed E-state index contributed by atoms with van der Waals surface area (Å²) < 4.78 is 43.8. The van der Waals surface area contributed by atoms with Gasteiger partial charge in [-0.15, -0.1) is 0 Å². The smallest absolute Gasteiger partial charge is 0.416 e. The number of halogens is 3. The predicted octanol–water partition coefficient (Wildman–Crippen LogP) is 4.13. The Morgan fingerprint density at radius 3 is 2.37 bits per heavy atom. The number of alkyl halides is 3. The van der Waals surface area contributed by atoms with Crippen LogP contribution in [0.25, 0.3) is 0 Å². The van der Waals surface area contributed by atoms with Gasteiger partial charge in [0.2, 0.25) is 5.60 Å². The lowest BCUT2D eigenvalue weighted by Crippen LogP contribution is -2.52. The van der Waals surface area contributed by atoms with Gasteiger partial charge in [0, 0.05) is 18.1 Å². The van der Waals surface area contributed by atoms with Gasteiger partial charge >= 0.3 is 12.1 Å². The highest BCUT2D eigenvalue weighted by Gasteiger charge is 2.41. The molecule has 0 aromatic heterocycles. The fourth-order valence-corrected chi connectivity index (χ4v) is 2.89. The van der Waals surface area contributed by atoms with Gasteiger partial charge in [0.25, 0.3) is 5.91 Å². The van der Waals surface area contributed by atoms with Crippen molar-refractivity contribution in [1.29, 1.82) is 0 Å². The number of para-hydroxylation sites is 1. The zero-order chi connectivity index (χ0) is 22.1. The molecule has 0 fully saturated rings. The highest BCUT2D eigenvalue weighted by Crippen LogP contribution is 2.31. The summed E-state index contributed by atoms with van der Waals surface area (Å²) in [7, 11) is 0. The molecule has 1 amide bonds. The lowest BCUT2D eigenvalue weighted by molar-refractivity contribution is -0.154. The van der Waals surface area contributed by atoms with Gasteiger partial charge in [-0.1, -0.05) is 35.5 Å². The van der Waals surface area contributed by atoms with Crippen LogP contribution in [-0.4, -0.2) is 28.2 Å². The minimum absolute atomic E-state index is 0.0189. The molecule has 1 heterocycles. The summed E-state index contributed by atoms with van der Waals surface area (Å²) in [5.74, 6) is -0.628. The van der Waals surface area contributed by atoms with E-state index < -0.39 is 29.2 Å². The van der Waals surface area contributed by atoms with Crippen molar-refractivity contribution in [1.82, 2.24) is 4.90 Å². The van der Waals surface area contributed by atoms with Crippen molar-refractivity contribution < 1.29 is 32.3 Å². The molecule has 0 N–H and O–H groups in total. The van der Waals surface area contributed by atoms with E-state index in [1.807, 2.05) is 0 Å². The van der Waals surface area contributed by atoms with Crippen LogP contribution in [0.5, 0.6) is 5.75 Å². The Balaban J connectivity index is 2.00. The van der Waals surface area contributed by atoms with Crippen molar-refractivity contribution in [2.45, 2.75) is 39.1 Å². The van der Waals surface area contributed by atoms with E-state index in [4.69, 9.17) is 9.57 Å². The molecule has 0 saturated heterocycles. The fourth-order valence-electron chi connectivity index (χ4n) is 2.89. The molecule has 0 unspecified atom stereocenters. The molecule has 0 radical (unpaired) electrons. The standard InChI is InChI=1S/C21H19F3N2O4/c1-13(27)29-17-7-5-4-6-15(17)12-26-18(25-30-20(2,3)19(26)28)14-8-10-16(11-9-14)21(22,23)24/h4-11H,12H2,1-3H3. The van der Waals surface area contributed by atoms with Gasteiger partial charge in [-0.25, -0.2) is 0 Å². The molecule has 0 bridgehead atoms. The number of rotatable bonds is 4. The first-order chi connectivity index (χ1) is 14.0. The first-order valence-corrected chi connectivity index (χ1v) is 9.01. The van der Waals surface area contributed by atoms with Crippen molar-refractivity contribution in [2.75, 3.05) is 0 Å². The van der Waals surface area contributed by atoms with Crippen LogP contribution in [0.1, 0.15) is 37.5 Å². The molecule has 0 aliphatic carbocycles. The lowest BCUT2D eigenvalue weighted by atomic mass is 10.0. The molecular weight excluding hydrogens is 401 g/mol. The van der Waals surface area contributed by atoms with Crippen molar-refractivity contribution in [3.05, 3.63) is 65.2 Å². The van der Waals surface area contributed by atoms with E-state index in [-0.39, 0.29) is 23.7 Å². The van der Waals surface area contributed by atoms with Gasteiger partial charge in [-0.2, -0.15) is 13.2 Å². The van der Waals surface area contributed by atoms with E-state index in [1.165, 1.54) is 37.8 Å². The first kappa shape index (κ1) is 21.4. The molecule has 30 heavy (non-hydrogen) atoms. The zero-order valence-electron chi connectivity index (χ0n) is 16.5. The van der Waals surface area contributed by atoms with Crippen LogP contribution < -0.4 is 4.74 Å². The van der Waals surface area contributed by atoms with E-state index in [9.17, 15) is 22.8 Å². The highest BCUT2D eigenvalue weighted by atomic mass is 19.4. The minimum Gasteiger partial charge on any atom is -0.426 e. The van der Waals surface area contributed by atoms with Crippen molar-refractivity contribution in [3.63, 3.8) is 0 Å². The van der Waals surface area contributed by atoms with E-state index in [2.05, 4.69) is 5.16 Å². The number of ether oxygens (including phenoxy) is 1. The summed E-state index contributed by atoms with van der Waals surface area (Å²) in [5, 5.41) is 4.00. The molecule has 1 aliphatic heterocycles. The molecule has 0 saturated carbocycles. The van der Waals surface area contributed by atoms with Crippen LogP contribution in [0.4, 0.5) is 13.2 Å². The molecule has 0 spiro atoms. The second-order valence-corrected chi connectivity index (χ2v) is 7.18. The summed E-state index contributed by atoms with van der Waals surface area (Å²) in [6.45, 7) is 4.31. The quantitative estimate of drug-likeness (QED) is 0.551. The lowest BCUT2D eigenvalue weighted by Gasteiger charge is -2.35. The SMILES string of the molecule is CC(=O)Oc1ccccc1CN1C(=O)C(C)(C)ON=C1c1ccc(C(F)(F)F)cc1. The summed E-state index contributed by atoms with van der Waals surface area (Å²) in [6, 6.07) is 10.9. The van der Waals surface area contributed by atoms with Crippen molar-refractivity contribution in [2.24, 2.45) is 5.16 Å². The molecule has 9 heteroatoms. The van der Waals surface area contributed by atoms with Crippen LogP contribution in [0.2, 0.25) is 0 Å². The van der Waals surface area contributed by atoms with Crippen molar-refractivity contribution >= 4 is 17.7 Å². The number of carbonyl (C=O) groups excluding carboxylic acids is 2. The Hall–Kier alpha value is -3.36. The molecule has 0 atom stereocenters. The van der Waals surface area contributed by atoms with E-state index in [0.717, 1.165) is 12.1 Å². The maximum absolute atomic E-state index is 13.0. The Morgan fingerprint density at radius 2 is 1.77 bits per heavy atom. The topological polar surface area (TPSA) is 68.2 Å². The third-order valence-corrected chi connectivity index (χ3v) is 4.40. The van der Waals surface area contributed by atoms with E-state index in [1.54, 1.807) is 24.3 Å². The predicted molar refractivity (Wildman–Crippen MR) is 101 cm³/mol. The molecule has 6 nitrogen and oxygen atoms in total. The third kappa shape index (κ3) is 4.45. The number of amidine groups is 1. The Kier molecular flexibility index (Phi) is 5.56. The van der Waals surface area contributed by atoms with Gasteiger partial charge < -0.3 is 9.57 Å². The number of amides is 1. The van der Waals surface area contributed by atoms with Crippen LogP contribution in [0, 0.1) is 0 Å². The fraction of sp³-hybridized carbons (Fsp3) is 0.286. The molecule has 158 valence electrons. The molecule has 1 aliphatic rings. The molecule has 2 aromatic rings. The van der Waals surface area contributed by atoms with Gasteiger partial charge in [-0.3, -0.25) is 14.5 Å². The number of carbonyl (C=O) groups is 2. The summed E-state index contributed by atoms with van der Waals surface area (Å²) in [5.41, 5.74) is -1.29. The average molecular weight is 420 g/mol. The van der Waals surface area contributed by atoms with Gasteiger partial charge in [0.05, 0.1) is 12.1 Å². The Labute approximate surface area is 170 Å². The number of esters is 1. The van der Waals surface area contributed by atoms with Crippen LogP contribution in [0.3, 0.4) is 0 Å². The second-order valence-electron chi connectivity index (χ2n) is 7.18. The van der Waals surface area contributed by atoms with Crippen LogP contribution in [-0.2, 0) is 27.1 Å². The maximum Gasteiger partial charge on any atom is 0.416 e. The number of nitrogens with zero attached hydrogens (tertiary/aromatic N) is 2. The third-order valence-electron chi connectivity index (χ3n) is 4.40. The molecule has 3 rings (SSSR count). The van der Waals surface area contributed by atoms with Crippen LogP contribution >= 0.6 is 0 Å². The Bertz CT molecular complexity index is 998. The zero-order valence-corrected chi connectivity index (χ0v) is 16.5. The van der Waals surface area contributed by atoms with E-state index in [0.29, 0.717) is 5.56 Å². The average Bonchev–Trinajstić information content (AvgIpc) is 2.66. The van der Waals surface area contributed by atoms with E-state index >= 15 is 0 Å². The molecule has 2 aromatic carbocycles. The summed E-state index contributed by atoms with van der Waals surface area (Å²) in [4.78, 5) is 31.0. The highest BCUT2D eigenvalue weighted by molar-refractivity contribution is 6.10. The van der Waals surface area contributed by atoms with Gasteiger partial charge in [0.15, 0.2) is 5.84 Å². The second kappa shape index (κ2) is 7.81. The number of oxime groups is 1. The number of hydrogen-bond donors (Lipinski definition) is 0. The largest absolute Gasteiger partial charge is 0.426 e. The van der Waals surface area contributed by atoms with Crippen molar-refractivity contribution in [3.8, 4) is 5.75 Å². The summed E-state index contributed by atoms with van der Waals surface area (Å²) in [6.07, 6.45) is -4.48. The minimum atomic E-state index is -4.48. The summed E-state index contributed by atoms with van der Waals surface area (Å²) >= 11 is 0. The Morgan fingerprint density at radius 1 is 1.13 bits per heavy atom. The number of hydrogen-bond acceptors (Lipinski definition) is 5. The van der Waals surface area contributed by atoms with Gasteiger partial charge in [0.1, 0.15) is 5.75 Å². The normalized spacial score (nSPS) is 16.0. The van der Waals surface area contributed by atoms with Gasteiger partial charge in [-0.05, 0) is 32.0 Å². The molecular formula is C21H19F3N2O4. The first-order valence-electron chi connectivity index (χ1n) is 9.01.